The number of nitrogens with zero attached hydrogens (tertiary/aromatic N) is 5. The Morgan fingerprint density at radius 1 is 1.26 bits per heavy atom. The zero-order valence-corrected chi connectivity index (χ0v) is 17.0. The van der Waals surface area contributed by atoms with Gasteiger partial charge in [-0.05, 0) is 43.9 Å². The molecule has 0 bridgehead atoms. The van der Waals surface area contributed by atoms with E-state index in [9.17, 15) is 0 Å². The zero-order chi connectivity index (χ0) is 19.2. The molecule has 0 amide bonds. The highest BCUT2D eigenvalue weighted by Gasteiger charge is 2.18. The summed E-state index contributed by atoms with van der Waals surface area (Å²) in [6.45, 7) is 4.63. The van der Waals surface area contributed by atoms with E-state index in [0.29, 0.717) is 12.0 Å². The van der Waals surface area contributed by atoms with E-state index in [4.69, 9.17) is 10.7 Å². The molecular formula is C18H28N8S. The Balaban J connectivity index is 0.000000659. The van der Waals surface area contributed by atoms with Gasteiger partial charge in [0.15, 0.2) is 5.82 Å². The molecule has 0 atom stereocenters. The van der Waals surface area contributed by atoms with Crippen LogP contribution in [0.5, 0.6) is 0 Å². The summed E-state index contributed by atoms with van der Waals surface area (Å²) >= 11 is 1.41. The van der Waals surface area contributed by atoms with Crippen LogP contribution in [0.25, 0.3) is 11.0 Å². The maximum absolute atomic E-state index is 4.85. The largest absolute Gasteiger partial charge is 0.365 e. The number of aromatic nitrogens is 5. The summed E-state index contributed by atoms with van der Waals surface area (Å²) in [5.41, 5.74) is 7.63. The van der Waals surface area contributed by atoms with Gasteiger partial charge in [0.25, 0.3) is 0 Å². The molecule has 0 aromatic carbocycles. The third kappa shape index (κ3) is 4.92. The van der Waals surface area contributed by atoms with Crippen LogP contribution in [0.15, 0.2) is 12.3 Å². The molecule has 4 rings (SSSR count). The predicted octanol–water partition coefficient (Wildman–Crippen LogP) is 3.58. The van der Waals surface area contributed by atoms with Gasteiger partial charge >= 0.3 is 0 Å². The van der Waals surface area contributed by atoms with Gasteiger partial charge in [0.2, 0.25) is 5.95 Å². The molecule has 8 nitrogen and oxygen atoms in total. The summed E-state index contributed by atoms with van der Waals surface area (Å²) < 4.78 is 6.12. The lowest BCUT2D eigenvalue weighted by Crippen LogP contribution is -2.23. The molecule has 1 saturated carbocycles. The number of fused-ring (bicyclic) bond motifs is 1. The molecule has 0 saturated heterocycles. The van der Waals surface area contributed by atoms with Crippen LogP contribution in [0.1, 0.15) is 44.7 Å². The molecule has 9 heteroatoms. The van der Waals surface area contributed by atoms with Crippen molar-refractivity contribution in [3.8, 4) is 0 Å². The van der Waals surface area contributed by atoms with Gasteiger partial charge in [-0.3, -0.25) is 4.68 Å². The van der Waals surface area contributed by atoms with Crippen LogP contribution in [0, 0.1) is 6.92 Å². The van der Waals surface area contributed by atoms with Crippen molar-refractivity contribution in [2.45, 2.75) is 52.0 Å². The molecule has 4 N–H and O–H groups in total. The Bertz CT molecular complexity index is 865. The van der Waals surface area contributed by atoms with Crippen LogP contribution in [0.2, 0.25) is 0 Å². The summed E-state index contributed by atoms with van der Waals surface area (Å²) in [6.07, 6.45) is 8.07. The molecule has 3 aromatic heterocycles. The zero-order valence-electron chi connectivity index (χ0n) is 16.2. The lowest BCUT2D eigenvalue weighted by molar-refractivity contribution is 0.462. The molecule has 0 radical (unpaired) electrons. The second-order valence-corrected chi connectivity index (χ2v) is 7.55. The summed E-state index contributed by atoms with van der Waals surface area (Å²) in [5, 5.41) is 12.2. The standard InChI is InChI=1S/C16H21N7S.C2H7N/c1-10-8-13(24-22-10)20-16-19-12-9-17-23(2)14(12)15(21-16)18-11-6-4-3-5-7-11;1-2-3/h8-9,11H,3-7H2,1-2H3,(H2,18,19,20,21);2-3H2,1H3. The van der Waals surface area contributed by atoms with Gasteiger partial charge in [0.1, 0.15) is 16.0 Å². The van der Waals surface area contributed by atoms with E-state index < -0.39 is 0 Å². The van der Waals surface area contributed by atoms with Gasteiger partial charge in [-0.1, -0.05) is 26.2 Å². The topological polar surface area (TPSA) is 107 Å². The first kappa shape index (κ1) is 19.5. The number of nitrogens with two attached hydrogens (primary N) is 1. The number of aryl methyl sites for hydroxylation is 2. The lowest BCUT2D eigenvalue weighted by Gasteiger charge is -2.23. The molecular weight excluding hydrogens is 360 g/mol. The first-order valence-corrected chi connectivity index (χ1v) is 10.2. The first-order chi connectivity index (χ1) is 13.1. The molecule has 3 heterocycles. The van der Waals surface area contributed by atoms with Crippen molar-refractivity contribution in [2.75, 3.05) is 17.2 Å². The Kier molecular flexibility index (Phi) is 6.57. The third-order valence-electron chi connectivity index (χ3n) is 4.40. The van der Waals surface area contributed by atoms with Crippen molar-refractivity contribution >= 4 is 39.3 Å². The number of hydrogen-bond acceptors (Lipinski definition) is 8. The molecule has 3 aromatic rings. The highest BCUT2D eigenvalue weighted by molar-refractivity contribution is 7.10. The van der Waals surface area contributed by atoms with Crippen molar-refractivity contribution in [1.29, 1.82) is 0 Å². The Morgan fingerprint density at radius 3 is 2.67 bits per heavy atom. The summed E-state index contributed by atoms with van der Waals surface area (Å²) in [7, 11) is 1.93. The number of nitrogens with one attached hydrogen (secondary N) is 2. The normalized spacial score (nSPS) is 14.7. The average molecular weight is 389 g/mol. The Hall–Kier alpha value is -2.26. The van der Waals surface area contributed by atoms with Crippen molar-refractivity contribution < 1.29 is 0 Å². The molecule has 146 valence electrons. The molecule has 1 fully saturated rings. The van der Waals surface area contributed by atoms with Crippen LogP contribution < -0.4 is 16.4 Å². The number of hydrogen-bond donors (Lipinski definition) is 3. The fourth-order valence-electron chi connectivity index (χ4n) is 3.21. The van der Waals surface area contributed by atoms with Gasteiger partial charge < -0.3 is 16.4 Å². The van der Waals surface area contributed by atoms with E-state index in [1.165, 1.54) is 43.6 Å². The summed E-state index contributed by atoms with van der Waals surface area (Å²) in [4.78, 5) is 9.30. The SMILES string of the molecule is CCN.Cc1cc(Nc2nc(NC3CCCCC3)c3c(cnn3C)n2)sn1. The average Bonchev–Trinajstić information content (AvgIpc) is 3.22. The highest BCUT2D eigenvalue weighted by Crippen LogP contribution is 2.27. The number of rotatable bonds is 4. The molecule has 0 aliphatic heterocycles. The maximum atomic E-state index is 4.85. The summed E-state index contributed by atoms with van der Waals surface area (Å²) in [5.74, 6) is 1.44. The van der Waals surface area contributed by atoms with E-state index >= 15 is 0 Å². The second-order valence-electron chi connectivity index (χ2n) is 6.74. The Labute approximate surface area is 163 Å². The first-order valence-electron chi connectivity index (χ1n) is 9.47. The third-order valence-corrected chi connectivity index (χ3v) is 5.19. The van der Waals surface area contributed by atoms with Crippen LogP contribution in [-0.4, -0.2) is 36.7 Å². The fraction of sp³-hybridized carbons (Fsp3) is 0.556. The van der Waals surface area contributed by atoms with E-state index in [-0.39, 0.29) is 0 Å². The minimum atomic E-state index is 0.477. The van der Waals surface area contributed by atoms with Crippen molar-refractivity contribution in [1.82, 2.24) is 24.1 Å². The van der Waals surface area contributed by atoms with Crippen molar-refractivity contribution in [3.05, 3.63) is 18.0 Å². The van der Waals surface area contributed by atoms with Gasteiger partial charge in [0, 0.05) is 13.1 Å². The molecule has 1 aliphatic carbocycles. The molecule has 27 heavy (non-hydrogen) atoms. The van der Waals surface area contributed by atoms with E-state index in [0.717, 1.165) is 34.1 Å². The quantitative estimate of drug-likeness (QED) is 0.627. The van der Waals surface area contributed by atoms with E-state index in [1.54, 1.807) is 6.20 Å². The van der Waals surface area contributed by atoms with Crippen LogP contribution in [0.3, 0.4) is 0 Å². The van der Waals surface area contributed by atoms with Gasteiger partial charge in [-0.15, -0.1) is 0 Å². The van der Waals surface area contributed by atoms with E-state index in [2.05, 4.69) is 25.1 Å². The van der Waals surface area contributed by atoms with Crippen LogP contribution in [0.4, 0.5) is 16.8 Å². The second kappa shape index (κ2) is 9.09. The van der Waals surface area contributed by atoms with Crippen molar-refractivity contribution in [3.63, 3.8) is 0 Å². The van der Waals surface area contributed by atoms with Gasteiger partial charge in [0.05, 0.1) is 11.9 Å². The summed E-state index contributed by atoms with van der Waals surface area (Å²) in [6, 6.07) is 2.47. The molecule has 1 aliphatic rings. The maximum Gasteiger partial charge on any atom is 0.230 e. The minimum absolute atomic E-state index is 0.477. The lowest BCUT2D eigenvalue weighted by atomic mass is 9.95. The molecule has 0 spiro atoms. The number of anilines is 3. The van der Waals surface area contributed by atoms with E-state index in [1.807, 2.05) is 31.6 Å². The van der Waals surface area contributed by atoms with Crippen molar-refractivity contribution in [2.24, 2.45) is 12.8 Å². The monoisotopic (exact) mass is 388 g/mol. The highest BCUT2D eigenvalue weighted by atomic mass is 32.1. The van der Waals surface area contributed by atoms with Crippen LogP contribution >= 0.6 is 11.5 Å². The fourth-order valence-corrected chi connectivity index (χ4v) is 3.87. The predicted molar refractivity (Wildman–Crippen MR) is 112 cm³/mol. The van der Waals surface area contributed by atoms with Crippen LogP contribution in [-0.2, 0) is 7.05 Å². The molecule has 0 unspecified atom stereocenters. The van der Waals surface area contributed by atoms with Gasteiger partial charge in [-0.2, -0.15) is 14.5 Å². The smallest absolute Gasteiger partial charge is 0.230 e. The Morgan fingerprint density at radius 2 is 2.00 bits per heavy atom. The minimum Gasteiger partial charge on any atom is -0.365 e. The van der Waals surface area contributed by atoms with Gasteiger partial charge in [-0.25, -0.2) is 4.98 Å².